The van der Waals surface area contributed by atoms with E-state index < -0.39 is 0 Å². The molecule has 0 bridgehead atoms. The van der Waals surface area contributed by atoms with Gasteiger partial charge in [-0.05, 0) is 18.8 Å². The third-order valence-corrected chi connectivity index (χ3v) is 3.30. The van der Waals surface area contributed by atoms with E-state index in [1.807, 2.05) is 0 Å². The number of nitrogens with zero attached hydrogens (tertiary/aromatic N) is 1. The zero-order valence-corrected chi connectivity index (χ0v) is 11.5. The van der Waals surface area contributed by atoms with E-state index in [0.717, 1.165) is 24.3 Å². The van der Waals surface area contributed by atoms with E-state index in [0.29, 0.717) is 11.1 Å². The van der Waals surface area contributed by atoms with Crippen LogP contribution < -0.4 is 10.1 Å². The van der Waals surface area contributed by atoms with Crippen molar-refractivity contribution in [1.82, 2.24) is 10.3 Å². The van der Waals surface area contributed by atoms with E-state index in [-0.39, 0.29) is 24.8 Å². The number of nitrogens with one attached hydrogen (secondary N) is 1. The van der Waals surface area contributed by atoms with Crippen molar-refractivity contribution in [3.63, 3.8) is 0 Å². The van der Waals surface area contributed by atoms with Gasteiger partial charge in [-0.15, -0.1) is 24.8 Å². The highest BCUT2D eigenvalue weighted by atomic mass is 35.5. The quantitative estimate of drug-likeness (QED) is 0.931. The highest BCUT2D eigenvalue weighted by Crippen LogP contribution is 2.40. The molecule has 3 nitrogen and oxygen atoms in total. The van der Waals surface area contributed by atoms with Crippen LogP contribution in [0.5, 0.6) is 5.75 Å². The summed E-state index contributed by atoms with van der Waals surface area (Å²) in [6, 6.07) is 3.08. The van der Waals surface area contributed by atoms with Crippen molar-refractivity contribution in [3.05, 3.63) is 23.5 Å². The van der Waals surface area contributed by atoms with Gasteiger partial charge < -0.3 is 10.1 Å². The lowest BCUT2D eigenvalue weighted by atomic mass is 10.2. The van der Waals surface area contributed by atoms with Crippen LogP contribution in [0.25, 0.3) is 0 Å². The van der Waals surface area contributed by atoms with Crippen LogP contribution in [-0.4, -0.2) is 23.7 Å². The molecule has 96 valence electrons. The molecule has 17 heavy (non-hydrogen) atoms. The summed E-state index contributed by atoms with van der Waals surface area (Å²) in [7, 11) is 0. The van der Waals surface area contributed by atoms with Crippen LogP contribution in [0.3, 0.4) is 0 Å². The summed E-state index contributed by atoms with van der Waals surface area (Å²) in [6.07, 6.45) is 5.91. The fourth-order valence-electron chi connectivity index (χ4n) is 2.23. The highest BCUT2D eigenvalue weighted by molar-refractivity contribution is 6.30. The van der Waals surface area contributed by atoms with Gasteiger partial charge in [-0.2, -0.15) is 0 Å². The van der Waals surface area contributed by atoms with Crippen molar-refractivity contribution in [2.75, 3.05) is 6.61 Å². The smallest absolute Gasteiger partial charge is 0.139 e. The third-order valence-electron chi connectivity index (χ3n) is 3.09. The number of rotatable bonds is 3. The fourth-order valence-corrected chi connectivity index (χ4v) is 2.40. The molecule has 1 aromatic rings. The van der Waals surface area contributed by atoms with Crippen LogP contribution in [0.4, 0.5) is 0 Å². The molecule has 0 aromatic carbocycles. The molecule has 3 atom stereocenters. The lowest BCUT2D eigenvalue weighted by molar-refractivity contribution is 0.267. The maximum Gasteiger partial charge on any atom is 0.139 e. The Labute approximate surface area is 118 Å². The van der Waals surface area contributed by atoms with Gasteiger partial charge in [0.05, 0.1) is 11.2 Å². The minimum atomic E-state index is 0. The fraction of sp³-hybridized carbons (Fsp3) is 0.545. The SMILES string of the molecule is Cl.Cl.Clc1cncc(OCC2CC3CC3N2)c1. The summed E-state index contributed by atoms with van der Waals surface area (Å²) in [5, 5.41) is 4.15. The Morgan fingerprint density at radius 2 is 2.18 bits per heavy atom. The molecule has 0 radical (unpaired) electrons. The highest BCUT2D eigenvalue weighted by Gasteiger charge is 2.45. The molecule has 1 aliphatic carbocycles. The number of piperidine rings is 1. The summed E-state index contributed by atoms with van der Waals surface area (Å²) >= 11 is 5.81. The molecule has 1 saturated carbocycles. The normalized spacial score (nSPS) is 28.6. The van der Waals surface area contributed by atoms with Gasteiger partial charge in [0.1, 0.15) is 12.4 Å². The summed E-state index contributed by atoms with van der Waals surface area (Å²) < 4.78 is 5.63. The number of aromatic nitrogens is 1. The van der Waals surface area contributed by atoms with E-state index in [4.69, 9.17) is 16.3 Å². The molecule has 3 rings (SSSR count). The Kier molecular flexibility index (Phi) is 5.32. The molecule has 6 heteroatoms. The van der Waals surface area contributed by atoms with Gasteiger partial charge >= 0.3 is 0 Å². The van der Waals surface area contributed by atoms with Crippen molar-refractivity contribution in [3.8, 4) is 5.75 Å². The van der Waals surface area contributed by atoms with Gasteiger partial charge in [0.2, 0.25) is 0 Å². The number of halogens is 3. The first kappa shape index (κ1) is 14.8. The van der Waals surface area contributed by atoms with Crippen molar-refractivity contribution in [1.29, 1.82) is 0 Å². The number of fused-ring (bicyclic) bond motifs is 1. The van der Waals surface area contributed by atoms with Gasteiger partial charge in [-0.3, -0.25) is 4.98 Å². The molecular weight excluding hydrogens is 282 g/mol. The Balaban J connectivity index is 0.000000722. The van der Waals surface area contributed by atoms with Gasteiger partial charge in [0, 0.05) is 24.3 Å². The van der Waals surface area contributed by atoms with Gasteiger partial charge in [-0.1, -0.05) is 11.6 Å². The van der Waals surface area contributed by atoms with Crippen molar-refractivity contribution in [2.45, 2.75) is 24.9 Å². The van der Waals surface area contributed by atoms with Gasteiger partial charge in [-0.25, -0.2) is 0 Å². The lowest BCUT2D eigenvalue weighted by Gasteiger charge is -2.14. The van der Waals surface area contributed by atoms with Crippen molar-refractivity contribution >= 4 is 36.4 Å². The minimum Gasteiger partial charge on any atom is -0.490 e. The Morgan fingerprint density at radius 1 is 1.35 bits per heavy atom. The molecule has 2 fully saturated rings. The second kappa shape index (κ2) is 6.10. The molecule has 3 unspecified atom stereocenters. The standard InChI is InChI=1S/C11H13ClN2O.2ClH/c12-8-3-10(5-13-4-8)15-6-9-1-7-2-11(7)14-9;;/h3-5,7,9,11,14H,1-2,6H2;2*1H. The first-order chi connectivity index (χ1) is 7.31. The van der Waals surface area contributed by atoms with E-state index in [9.17, 15) is 0 Å². The molecule has 1 saturated heterocycles. The second-order valence-electron chi connectivity index (χ2n) is 4.35. The van der Waals surface area contributed by atoms with E-state index >= 15 is 0 Å². The number of hydrogen-bond donors (Lipinski definition) is 1. The molecule has 2 aliphatic rings. The van der Waals surface area contributed by atoms with E-state index in [1.54, 1.807) is 18.5 Å². The molecule has 1 N–H and O–H groups in total. The zero-order chi connectivity index (χ0) is 10.3. The zero-order valence-electron chi connectivity index (χ0n) is 9.14. The molecule has 0 amide bonds. The van der Waals surface area contributed by atoms with Gasteiger partial charge in [0.25, 0.3) is 0 Å². The molecule has 1 aliphatic heterocycles. The third kappa shape index (κ3) is 3.62. The Hall–Kier alpha value is -0.220. The van der Waals surface area contributed by atoms with Crippen LogP contribution in [-0.2, 0) is 0 Å². The maximum atomic E-state index is 5.81. The first-order valence-corrected chi connectivity index (χ1v) is 5.68. The first-order valence-electron chi connectivity index (χ1n) is 5.30. The van der Waals surface area contributed by atoms with E-state index in [2.05, 4.69) is 10.3 Å². The molecular formula is C11H15Cl3N2O. The summed E-state index contributed by atoms with van der Waals surface area (Å²) in [6.45, 7) is 0.717. The summed E-state index contributed by atoms with van der Waals surface area (Å²) in [5.74, 6) is 1.67. The molecule has 1 aromatic heterocycles. The van der Waals surface area contributed by atoms with Crippen LogP contribution >= 0.6 is 36.4 Å². The average molecular weight is 298 g/mol. The van der Waals surface area contributed by atoms with Crippen LogP contribution in [0.1, 0.15) is 12.8 Å². The van der Waals surface area contributed by atoms with Gasteiger partial charge in [0.15, 0.2) is 0 Å². The number of hydrogen-bond acceptors (Lipinski definition) is 3. The monoisotopic (exact) mass is 296 g/mol. The topological polar surface area (TPSA) is 34.1 Å². The molecule has 0 spiro atoms. The minimum absolute atomic E-state index is 0. The summed E-state index contributed by atoms with van der Waals surface area (Å²) in [5.41, 5.74) is 0. The van der Waals surface area contributed by atoms with Crippen molar-refractivity contribution in [2.24, 2.45) is 5.92 Å². The number of pyridine rings is 1. The number of ether oxygens (including phenoxy) is 1. The predicted octanol–water partition coefficient (Wildman–Crippen LogP) is 2.71. The van der Waals surface area contributed by atoms with Crippen LogP contribution in [0.2, 0.25) is 5.02 Å². The Bertz CT molecular complexity index is 367. The summed E-state index contributed by atoms with van der Waals surface area (Å²) in [4.78, 5) is 3.98. The van der Waals surface area contributed by atoms with Crippen LogP contribution in [0, 0.1) is 5.92 Å². The largest absolute Gasteiger partial charge is 0.490 e. The van der Waals surface area contributed by atoms with Crippen LogP contribution in [0.15, 0.2) is 18.5 Å². The average Bonchev–Trinajstić information content (AvgIpc) is 2.84. The molecule has 2 heterocycles. The maximum absolute atomic E-state index is 5.81. The van der Waals surface area contributed by atoms with E-state index in [1.165, 1.54) is 12.8 Å². The second-order valence-corrected chi connectivity index (χ2v) is 4.79. The predicted molar refractivity (Wildman–Crippen MR) is 72.7 cm³/mol. The lowest BCUT2D eigenvalue weighted by Crippen LogP contribution is -2.31. The Morgan fingerprint density at radius 3 is 2.82 bits per heavy atom. The van der Waals surface area contributed by atoms with Crippen molar-refractivity contribution < 1.29 is 4.74 Å².